The molecule has 16 heavy (non-hydrogen) atoms. The van der Waals surface area contributed by atoms with Gasteiger partial charge in [-0.05, 0) is 31.3 Å². The highest BCUT2D eigenvalue weighted by atomic mass is 32.1. The summed E-state index contributed by atoms with van der Waals surface area (Å²) >= 11 is 4.74. The Bertz CT molecular complexity index is 471. The van der Waals surface area contributed by atoms with Gasteiger partial charge in [-0.3, -0.25) is 4.79 Å². The summed E-state index contributed by atoms with van der Waals surface area (Å²) < 4.78 is 27.1. The van der Waals surface area contributed by atoms with Crippen molar-refractivity contribution in [3.63, 3.8) is 0 Å². The van der Waals surface area contributed by atoms with Gasteiger partial charge in [-0.2, -0.15) is 0 Å². The highest BCUT2D eigenvalue weighted by Gasteiger charge is 2.45. The molecule has 0 aromatic heterocycles. The molecule has 3 nitrogen and oxygen atoms in total. The molecular formula is C10H8F2N2OS. The summed E-state index contributed by atoms with van der Waals surface area (Å²) in [7, 11) is 0. The Morgan fingerprint density at radius 1 is 1.31 bits per heavy atom. The summed E-state index contributed by atoms with van der Waals surface area (Å²) in [6, 6.07) is 3.43. The molecule has 6 heteroatoms. The van der Waals surface area contributed by atoms with Gasteiger partial charge in [0.15, 0.2) is 5.11 Å². The third-order valence-corrected chi connectivity index (χ3v) is 2.71. The van der Waals surface area contributed by atoms with Gasteiger partial charge in [-0.25, -0.2) is 8.78 Å². The van der Waals surface area contributed by atoms with Crippen LogP contribution in [0.1, 0.15) is 12.5 Å². The molecular weight excluding hydrogens is 234 g/mol. The highest BCUT2D eigenvalue weighted by molar-refractivity contribution is 7.80. The van der Waals surface area contributed by atoms with Crippen LogP contribution in [-0.4, -0.2) is 11.0 Å². The molecule has 1 saturated heterocycles. The number of carbonyl (C=O) groups excluding carboxylic acids is 1. The minimum atomic E-state index is -1.49. The summed E-state index contributed by atoms with van der Waals surface area (Å²) in [5, 5.41) is 4.94. The van der Waals surface area contributed by atoms with Gasteiger partial charge in [0, 0.05) is 0 Å². The number of amides is 1. The first-order valence-corrected chi connectivity index (χ1v) is 4.94. The lowest BCUT2D eigenvalue weighted by Gasteiger charge is -2.22. The SMILES string of the molecule is CC1(c2c(F)cccc2F)NC(=S)NC1=O. The minimum absolute atomic E-state index is 0.0650. The van der Waals surface area contributed by atoms with Crippen molar-refractivity contribution in [3.8, 4) is 0 Å². The van der Waals surface area contributed by atoms with Crippen molar-refractivity contribution in [2.75, 3.05) is 0 Å². The van der Waals surface area contributed by atoms with Gasteiger partial charge >= 0.3 is 0 Å². The topological polar surface area (TPSA) is 41.1 Å². The maximum atomic E-state index is 13.5. The Labute approximate surface area is 95.8 Å². The van der Waals surface area contributed by atoms with E-state index in [2.05, 4.69) is 10.6 Å². The summed E-state index contributed by atoms with van der Waals surface area (Å²) in [6.45, 7) is 1.38. The van der Waals surface area contributed by atoms with Crippen molar-refractivity contribution in [1.29, 1.82) is 0 Å². The molecule has 1 aromatic rings. The van der Waals surface area contributed by atoms with Gasteiger partial charge in [0.05, 0.1) is 5.56 Å². The largest absolute Gasteiger partial charge is 0.344 e. The predicted molar refractivity (Wildman–Crippen MR) is 57.6 cm³/mol. The molecule has 0 aliphatic carbocycles. The Morgan fingerprint density at radius 2 is 1.88 bits per heavy atom. The standard InChI is InChI=1S/C10H8F2N2OS/c1-10(8(15)13-9(16)14-10)7-5(11)3-2-4-6(7)12/h2-4H,1H3,(H2,13,14,15,16). The molecule has 1 fully saturated rings. The van der Waals surface area contributed by atoms with E-state index in [1.165, 1.54) is 13.0 Å². The normalized spacial score (nSPS) is 24.2. The van der Waals surface area contributed by atoms with Crippen LogP contribution in [0.25, 0.3) is 0 Å². The molecule has 0 saturated carbocycles. The zero-order valence-corrected chi connectivity index (χ0v) is 9.12. The minimum Gasteiger partial charge on any atom is -0.344 e. The van der Waals surface area contributed by atoms with Crippen LogP contribution in [0.4, 0.5) is 8.78 Å². The van der Waals surface area contributed by atoms with Crippen LogP contribution in [0.5, 0.6) is 0 Å². The van der Waals surface area contributed by atoms with E-state index in [1.807, 2.05) is 0 Å². The molecule has 1 aromatic carbocycles. The van der Waals surface area contributed by atoms with Gasteiger partial charge in [0.1, 0.15) is 17.2 Å². The van der Waals surface area contributed by atoms with Gasteiger partial charge in [-0.1, -0.05) is 6.07 Å². The molecule has 0 bridgehead atoms. The molecule has 84 valence electrons. The smallest absolute Gasteiger partial charge is 0.256 e. The molecule has 1 heterocycles. The maximum Gasteiger partial charge on any atom is 0.256 e. The average Bonchev–Trinajstić information content (AvgIpc) is 2.40. The van der Waals surface area contributed by atoms with E-state index >= 15 is 0 Å². The fourth-order valence-electron chi connectivity index (χ4n) is 1.69. The Kier molecular flexibility index (Phi) is 2.38. The van der Waals surface area contributed by atoms with Crippen molar-refractivity contribution in [3.05, 3.63) is 35.4 Å². The quantitative estimate of drug-likeness (QED) is 0.727. The maximum absolute atomic E-state index is 13.5. The Hall–Kier alpha value is -1.56. The van der Waals surface area contributed by atoms with E-state index in [0.717, 1.165) is 12.1 Å². The molecule has 2 rings (SSSR count). The Morgan fingerprint density at radius 3 is 2.31 bits per heavy atom. The van der Waals surface area contributed by atoms with Gasteiger partial charge in [0.2, 0.25) is 0 Å². The number of benzene rings is 1. The molecule has 1 amide bonds. The monoisotopic (exact) mass is 242 g/mol. The Balaban J connectivity index is 2.60. The lowest BCUT2D eigenvalue weighted by Crippen LogP contribution is -2.42. The van der Waals surface area contributed by atoms with E-state index in [-0.39, 0.29) is 10.7 Å². The first-order valence-electron chi connectivity index (χ1n) is 4.53. The van der Waals surface area contributed by atoms with Crippen LogP contribution >= 0.6 is 12.2 Å². The second-order valence-corrected chi connectivity index (χ2v) is 4.04. The average molecular weight is 242 g/mol. The van der Waals surface area contributed by atoms with E-state index in [0.29, 0.717) is 0 Å². The van der Waals surface area contributed by atoms with Crippen LogP contribution in [0, 0.1) is 11.6 Å². The zero-order valence-electron chi connectivity index (χ0n) is 8.30. The molecule has 0 spiro atoms. The van der Waals surface area contributed by atoms with Crippen molar-refractivity contribution in [1.82, 2.24) is 10.6 Å². The first-order chi connectivity index (χ1) is 7.45. The molecule has 0 radical (unpaired) electrons. The van der Waals surface area contributed by atoms with E-state index in [4.69, 9.17) is 12.2 Å². The predicted octanol–water partition coefficient (Wildman–Crippen LogP) is 1.18. The van der Waals surface area contributed by atoms with Crippen LogP contribution in [0.15, 0.2) is 18.2 Å². The van der Waals surface area contributed by atoms with Crippen LogP contribution in [0.3, 0.4) is 0 Å². The van der Waals surface area contributed by atoms with Gasteiger partial charge in [-0.15, -0.1) is 0 Å². The van der Waals surface area contributed by atoms with E-state index < -0.39 is 23.1 Å². The lowest BCUT2D eigenvalue weighted by molar-refractivity contribution is -0.123. The second kappa shape index (κ2) is 3.48. The number of carbonyl (C=O) groups is 1. The lowest BCUT2D eigenvalue weighted by atomic mass is 9.91. The number of halogens is 2. The summed E-state index contributed by atoms with van der Waals surface area (Å²) in [5.41, 5.74) is -1.82. The van der Waals surface area contributed by atoms with E-state index in [1.54, 1.807) is 0 Å². The van der Waals surface area contributed by atoms with Crippen LogP contribution in [-0.2, 0) is 10.3 Å². The molecule has 1 unspecified atom stereocenters. The van der Waals surface area contributed by atoms with Crippen molar-refractivity contribution < 1.29 is 13.6 Å². The molecule has 2 N–H and O–H groups in total. The number of nitrogens with one attached hydrogen (secondary N) is 2. The molecule has 1 aliphatic rings. The van der Waals surface area contributed by atoms with Crippen molar-refractivity contribution >= 4 is 23.2 Å². The fraction of sp³-hybridized carbons (Fsp3) is 0.200. The number of hydrogen-bond acceptors (Lipinski definition) is 2. The number of rotatable bonds is 1. The molecule has 1 aliphatic heterocycles. The number of thiocarbonyl (C=S) groups is 1. The third-order valence-electron chi connectivity index (χ3n) is 2.51. The first kappa shape index (κ1) is 10.9. The summed E-state index contributed by atoms with van der Waals surface area (Å²) in [6.07, 6.45) is 0. The van der Waals surface area contributed by atoms with Crippen LogP contribution in [0.2, 0.25) is 0 Å². The fourth-order valence-corrected chi connectivity index (χ4v) is 1.99. The zero-order chi connectivity index (χ0) is 11.9. The number of hydrogen-bond donors (Lipinski definition) is 2. The van der Waals surface area contributed by atoms with Gasteiger partial charge < -0.3 is 10.6 Å². The third kappa shape index (κ3) is 1.46. The summed E-state index contributed by atoms with van der Waals surface area (Å²) in [4.78, 5) is 11.6. The van der Waals surface area contributed by atoms with Crippen LogP contribution < -0.4 is 10.6 Å². The van der Waals surface area contributed by atoms with Gasteiger partial charge in [0.25, 0.3) is 5.91 Å². The van der Waals surface area contributed by atoms with Crippen molar-refractivity contribution in [2.24, 2.45) is 0 Å². The van der Waals surface area contributed by atoms with E-state index in [9.17, 15) is 13.6 Å². The highest BCUT2D eigenvalue weighted by Crippen LogP contribution is 2.28. The van der Waals surface area contributed by atoms with Crippen molar-refractivity contribution in [2.45, 2.75) is 12.5 Å². The second-order valence-electron chi connectivity index (χ2n) is 3.63. The summed E-state index contributed by atoms with van der Waals surface area (Å²) in [5.74, 6) is -2.13. The molecule has 1 atom stereocenters.